The molecule has 5 atom stereocenters. The summed E-state index contributed by atoms with van der Waals surface area (Å²) < 4.78 is 0. The normalized spacial score (nSPS) is 54.1. The van der Waals surface area contributed by atoms with Gasteiger partial charge in [-0.15, -0.1) is 0 Å². The second-order valence-electron chi connectivity index (χ2n) is 7.03. The van der Waals surface area contributed by atoms with Crippen LogP contribution in [0.25, 0.3) is 0 Å². The van der Waals surface area contributed by atoms with Gasteiger partial charge in [0, 0.05) is 5.41 Å². The third kappa shape index (κ3) is 0.932. The molecule has 1 heteroatoms. The molecule has 0 aromatic heterocycles. The highest BCUT2D eigenvalue weighted by Crippen LogP contribution is 2.70. The molecule has 0 aromatic rings. The van der Waals surface area contributed by atoms with Gasteiger partial charge in [0.2, 0.25) is 0 Å². The van der Waals surface area contributed by atoms with Gasteiger partial charge < -0.3 is 5.11 Å². The molecule has 0 aromatic carbocycles. The van der Waals surface area contributed by atoms with E-state index in [1.54, 1.807) is 0 Å². The van der Waals surface area contributed by atoms with Crippen LogP contribution in [0.1, 0.15) is 46.5 Å². The van der Waals surface area contributed by atoms with E-state index in [2.05, 4.69) is 27.4 Å². The van der Waals surface area contributed by atoms with Gasteiger partial charge in [0.1, 0.15) is 0 Å². The highest BCUT2D eigenvalue weighted by atomic mass is 16.3. The van der Waals surface area contributed by atoms with Crippen LogP contribution in [0.5, 0.6) is 0 Å². The average Bonchev–Trinajstić information content (AvgIpc) is 2.55. The van der Waals surface area contributed by atoms with E-state index >= 15 is 0 Å². The van der Waals surface area contributed by atoms with E-state index < -0.39 is 0 Å². The molecule has 4 rings (SSSR count). The lowest BCUT2D eigenvalue weighted by atomic mass is 9.42. The Morgan fingerprint density at radius 2 is 1.94 bits per heavy atom. The predicted octanol–water partition coefficient (Wildman–Crippen LogP) is 3.39. The van der Waals surface area contributed by atoms with Crippen LogP contribution in [0, 0.1) is 28.6 Å². The lowest BCUT2D eigenvalue weighted by molar-refractivity contribution is -0.145. The molecule has 0 saturated heterocycles. The molecule has 0 amide bonds. The Morgan fingerprint density at radius 3 is 2.62 bits per heavy atom. The van der Waals surface area contributed by atoms with Gasteiger partial charge in [0.15, 0.2) is 0 Å². The quantitative estimate of drug-likeness (QED) is 0.620. The van der Waals surface area contributed by atoms with Gasteiger partial charge in [-0.25, -0.2) is 0 Å². The highest BCUT2D eigenvalue weighted by Gasteiger charge is 2.66. The van der Waals surface area contributed by atoms with Crippen molar-refractivity contribution in [2.75, 3.05) is 0 Å². The molecular formula is C15H24O. The first-order valence-corrected chi connectivity index (χ1v) is 6.79. The first-order valence-electron chi connectivity index (χ1n) is 6.79. The predicted molar refractivity (Wildman–Crippen MR) is 66.0 cm³/mol. The summed E-state index contributed by atoms with van der Waals surface area (Å²) in [6, 6.07) is 0. The maximum atomic E-state index is 10.6. The van der Waals surface area contributed by atoms with Crippen LogP contribution in [-0.4, -0.2) is 11.2 Å². The molecule has 0 radical (unpaired) electrons. The second-order valence-corrected chi connectivity index (χ2v) is 7.03. The van der Waals surface area contributed by atoms with E-state index in [1.165, 1.54) is 25.7 Å². The topological polar surface area (TPSA) is 20.2 Å². The molecule has 4 aliphatic rings. The zero-order valence-corrected chi connectivity index (χ0v) is 10.8. The van der Waals surface area contributed by atoms with Gasteiger partial charge in [-0.3, -0.25) is 0 Å². The minimum atomic E-state index is -0.221. The second kappa shape index (κ2) is 2.93. The highest BCUT2D eigenvalue weighted by molar-refractivity contribution is 5.29. The monoisotopic (exact) mass is 220 g/mol. The molecule has 1 N–H and O–H groups in total. The van der Waals surface area contributed by atoms with Crippen molar-refractivity contribution < 1.29 is 5.11 Å². The first-order chi connectivity index (χ1) is 7.42. The summed E-state index contributed by atoms with van der Waals surface area (Å²) in [5.74, 6) is 1.94. The Morgan fingerprint density at radius 1 is 1.25 bits per heavy atom. The zero-order chi connectivity index (χ0) is 11.7. The van der Waals surface area contributed by atoms with Gasteiger partial charge in [0.05, 0.1) is 6.10 Å². The van der Waals surface area contributed by atoms with Crippen LogP contribution in [0.3, 0.4) is 0 Å². The molecule has 4 saturated carbocycles. The molecule has 4 fully saturated rings. The Labute approximate surface area is 98.9 Å². The summed E-state index contributed by atoms with van der Waals surface area (Å²) in [6.07, 6.45) is 4.87. The largest absolute Gasteiger partial charge is 0.388 e. The van der Waals surface area contributed by atoms with Crippen molar-refractivity contribution in [1.82, 2.24) is 0 Å². The van der Waals surface area contributed by atoms with E-state index in [0.717, 1.165) is 5.57 Å². The zero-order valence-electron chi connectivity index (χ0n) is 10.8. The average molecular weight is 220 g/mol. The van der Waals surface area contributed by atoms with Crippen molar-refractivity contribution in [3.63, 3.8) is 0 Å². The summed E-state index contributed by atoms with van der Waals surface area (Å²) >= 11 is 0. The van der Waals surface area contributed by atoms with Gasteiger partial charge in [-0.2, -0.15) is 0 Å². The third-order valence-electron chi connectivity index (χ3n) is 6.42. The molecule has 0 aliphatic heterocycles. The molecule has 2 bridgehead atoms. The van der Waals surface area contributed by atoms with Crippen molar-refractivity contribution in [3.8, 4) is 0 Å². The number of aliphatic hydroxyl groups is 1. The Kier molecular flexibility index (Phi) is 1.98. The van der Waals surface area contributed by atoms with Crippen molar-refractivity contribution in [1.29, 1.82) is 0 Å². The van der Waals surface area contributed by atoms with E-state index in [1.807, 2.05) is 0 Å². The van der Waals surface area contributed by atoms with E-state index in [-0.39, 0.29) is 11.5 Å². The maximum Gasteiger partial charge on any atom is 0.0811 e. The van der Waals surface area contributed by atoms with Crippen LogP contribution >= 0.6 is 0 Å². The Hall–Kier alpha value is -0.300. The fourth-order valence-electron chi connectivity index (χ4n) is 5.59. The summed E-state index contributed by atoms with van der Waals surface area (Å²) in [7, 11) is 0. The lowest BCUT2D eigenvalue weighted by Gasteiger charge is -2.63. The fraction of sp³-hybridized carbons (Fsp3) is 0.867. The van der Waals surface area contributed by atoms with Crippen LogP contribution in [0.2, 0.25) is 0 Å². The third-order valence-corrected chi connectivity index (χ3v) is 6.42. The van der Waals surface area contributed by atoms with Gasteiger partial charge in [0.25, 0.3) is 0 Å². The molecule has 1 spiro atoms. The molecular weight excluding hydrogens is 196 g/mol. The van der Waals surface area contributed by atoms with Crippen LogP contribution in [0.4, 0.5) is 0 Å². The standard InChI is InChI=1S/C15H24O/c1-9-5-6-12-14(3,4)11-7-8-15(9,12)13(16)10(11)2/h9,11-13,16H,2,5-8H2,1,3-4H3/t9-,11-,12-,13-,15+/m0/s1. The summed E-state index contributed by atoms with van der Waals surface area (Å²) in [4.78, 5) is 0. The Bertz CT molecular complexity index is 343. The first kappa shape index (κ1) is 10.8. The Balaban J connectivity index is 2.15. The summed E-state index contributed by atoms with van der Waals surface area (Å²) in [6.45, 7) is 11.4. The number of hydrogen-bond donors (Lipinski definition) is 1. The molecule has 0 unspecified atom stereocenters. The van der Waals surface area contributed by atoms with Crippen LogP contribution in [-0.2, 0) is 0 Å². The number of fused-ring (bicyclic) bond motifs is 2. The smallest absolute Gasteiger partial charge is 0.0811 e. The summed E-state index contributed by atoms with van der Waals surface area (Å²) in [5.41, 5.74) is 1.68. The van der Waals surface area contributed by atoms with Crippen molar-refractivity contribution in [2.24, 2.45) is 28.6 Å². The summed E-state index contributed by atoms with van der Waals surface area (Å²) in [5, 5.41) is 10.6. The van der Waals surface area contributed by atoms with E-state index in [0.29, 0.717) is 23.2 Å². The van der Waals surface area contributed by atoms with Gasteiger partial charge in [-0.1, -0.05) is 27.4 Å². The maximum absolute atomic E-state index is 10.6. The van der Waals surface area contributed by atoms with Gasteiger partial charge >= 0.3 is 0 Å². The van der Waals surface area contributed by atoms with E-state index in [4.69, 9.17) is 0 Å². The molecule has 0 heterocycles. The van der Waals surface area contributed by atoms with Crippen LogP contribution in [0.15, 0.2) is 12.2 Å². The SMILES string of the molecule is C=C1[C@@H]2CC[C@]3([C@@H](C)CC[C@H]3C2(C)C)[C@H]1O. The van der Waals surface area contributed by atoms with Crippen LogP contribution < -0.4 is 0 Å². The van der Waals surface area contributed by atoms with Crippen molar-refractivity contribution >= 4 is 0 Å². The molecule has 4 aliphatic carbocycles. The molecule has 1 nitrogen and oxygen atoms in total. The number of hydrogen-bond acceptors (Lipinski definition) is 1. The molecule has 16 heavy (non-hydrogen) atoms. The van der Waals surface area contributed by atoms with Gasteiger partial charge in [-0.05, 0) is 54.4 Å². The van der Waals surface area contributed by atoms with Crippen molar-refractivity contribution in [3.05, 3.63) is 12.2 Å². The van der Waals surface area contributed by atoms with E-state index in [9.17, 15) is 5.11 Å². The minimum absolute atomic E-state index is 0.176. The minimum Gasteiger partial charge on any atom is -0.388 e. The molecule has 90 valence electrons. The fourth-order valence-corrected chi connectivity index (χ4v) is 5.59. The number of rotatable bonds is 0. The number of aliphatic hydroxyl groups excluding tert-OH is 1. The lowest BCUT2D eigenvalue weighted by Crippen LogP contribution is -2.60. The van der Waals surface area contributed by atoms with Crippen molar-refractivity contribution in [2.45, 2.75) is 52.6 Å².